The molecule has 0 radical (unpaired) electrons. The zero-order valence-corrected chi connectivity index (χ0v) is 23.5. The van der Waals surface area contributed by atoms with Gasteiger partial charge in [0.15, 0.2) is 0 Å². The highest BCUT2D eigenvalue weighted by molar-refractivity contribution is 5.68. The number of carbonyl (C=O) groups excluding carboxylic acids is 4. The summed E-state index contributed by atoms with van der Waals surface area (Å²) < 4.78 is 23.2. The minimum atomic E-state index is -1.59. The Labute approximate surface area is 220 Å². The first-order chi connectivity index (χ1) is 16.9. The molecule has 210 valence electrons. The lowest BCUT2D eigenvalue weighted by Crippen LogP contribution is -2.67. The zero-order chi connectivity index (χ0) is 28.4. The molecule has 0 amide bonds. The quantitative estimate of drug-likeness (QED) is 0.271. The molecule has 2 rings (SSSR count). The van der Waals surface area contributed by atoms with Crippen LogP contribution in [0.5, 0.6) is 0 Å². The van der Waals surface area contributed by atoms with E-state index in [1.807, 2.05) is 0 Å². The third-order valence-electron chi connectivity index (χ3n) is 8.40. The fourth-order valence-corrected chi connectivity index (χ4v) is 7.19. The SMILES string of the molecule is C=C[C@](C)(O)[C@@H](C[C@@H]1[C@@]2(COC(C)=O)CCCC(C)(C)[C@@H]2[C@H](OC(C)=O)C[C@@]1(C)OC(C)=O)OC(C)=O. The number of hydrogen-bond acceptors (Lipinski definition) is 9. The van der Waals surface area contributed by atoms with Crippen molar-refractivity contribution in [2.45, 2.75) is 111 Å². The van der Waals surface area contributed by atoms with Gasteiger partial charge >= 0.3 is 23.9 Å². The van der Waals surface area contributed by atoms with Gasteiger partial charge < -0.3 is 24.1 Å². The van der Waals surface area contributed by atoms with Crippen molar-refractivity contribution in [3.05, 3.63) is 12.7 Å². The molecule has 0 unspecified atom stereocenters. The number of esters is 4. The molecular formula is C28H44O9. The lowest BCUT2D eigenvalue weighted by molar-refractivity contribution is -0.256. The maximum Gasteiger partial charge on any atom is 0.303 e. The van der Waals surface area contributed by atoms with Crippen LogP contribution in [0, 0.1) is 22.7 Å². The normalized spacial score (nSPS) is 33.1. The number of carbonyl (C=O) groups is 4. The molecule has 1 N–H and O–H groups in total. The van der Waals surface area contributed by atoms with Crippen LogP contribution < -0.4 is 0 Å². The van der Waals surface area contributed by atoms with Crippen molar-refractivity contribution in [1.29, 1.82) is 0 Å². The highest BCUT2D eigenvalue weighted by Gasteiger charge is 2.67. The Balaban J connectivity index is 2.83. The molecule has 2 saturated carbocycles. The van der Waals surface area contributed by atoms with Gasteiger partial charge in [0, 0.05) is 51.4 Å². The van der Waals surface area contributed by atoms with Crippen LogP contribution in [-0.4, -0.2) is 59.0 Å². The second-order valence-corrected chi connectivity index (χ2v) is 11.9. The molecule has 9 heteroatoms. The largest absolute Gasteiger partial charge is 0.465 e. The van der Waals surface area contributed by atoms with E-state index in [0.29, 0.717) is 6.42 Å². The Bertz CT molecular complexity index is 907. The lowest BCUT2D eigenvalue weighted by Gasteiger charge is -2.64. The van der Waals surface area contributed by atoms with Crippen LogP contribution in [0.3, 0.4) is 0 Å². The standard InChI is InChI=1S/C28H44O9/c1-10-26(8,33)23(36-19(4)31)14-22-27(9,37-20(5)32)15-21(35-18(3)30)24-25(6,7)12-11-13-28(22,24)16-34-17(2)29/h10,21-24,33H,1,11-16H2,2-9H3/t21-,22+,23-,24+,26+,27-,28+/m1/s1. The average molecular weight is 525 g/mol. The second kappa shape index (κ2) is 11.1. The molecule has 0 aromatic rings. The van der Waals surface area contributed by atoms with Gasteiger partial charge in [0.25, 0.3) is 0 Å². The van der Waals surface area contributed by atoms with E-state index in [1.54, 1.807) is 6.92 Å². The molecule has 0 spiro atoms. The third-order valence-corrected chi connectivity index (χ3v) is 8.40. The molecule has 0 aromatic carbocycles. The van der Waals surface area contributed by atoms with Crippen LogP contribution in [0.2, 0.25) is 0 Å². The smallest absolute Gasteiger partial charge is 0.303 e. The van der Waals surface area contributed by atoms with Crippen LogP contribution in [0.15, 0.2) is 12.7 Å². The summed E-state index contributed by atoms with van der Waals surface area (Å²) in [6, 6.07) is 0. The van der Waals surface area contributed by atoms with Gasteiger partial charge in [-0.25, -0.2) is 0 Å². The van der Waals surface area contributed by atoms with Crippen molar-refractivity contribution in [3.63, 3.8) is 0 Å². The molecule has 0 aliphatic heterocycles. The van der Waals surface area contributed by atoms with Crippen LogP contribution in [0.1, 0.15) is 87.5 Å². The lowest BCUT2D eigenvalue weighted by atomic mass is 9.43. The number of ether oxygens (including phenoxy) is 4. The van der Waals surface area contributed by atoms with Gasteiger partial charge in [-0.1, -0.05) is 26.3 Å². The van der Waals surface area contributed by atoms with Gasteiger partial charge in [-0.05, 0) is 38.5 Å². The van der Waals surface area contributed by atoms with E-state index in [2.05, 4.69) is 20.4 Å². The number of fused-ring (bicyclic) bond motifs is 1. The molecule has 9 nitrogen and oxygen atoms in total. The fraction of sp³-hybridized carbons (Fsp3) is 0.786. The van der Waals surface area contributed by atoms with Crippen molar-refractivity contribution >= 4 is 23.9 Å². The minimum absolute atomic E-state index is 0.00125. The Hall–Kier alpha value is -2.42. The van der Waals surface area contributed by atoms with Gasteiger partial charge in [0.2, 0.25) is 0 Å². The summed E-state index contributed by atoms with van der Waals surface area (Å²) in [4.78, 5) is 48.8. The summed E-state index contributed by atoms with van der Waals surface area (Å²) in [6.45, 7) is 16.4. The summed E-state index contributed by atoms with van der Waals surface area (Å²) in [5.41, 5.74) is -3.92. The van der Waals surface area contributed by atoms with Crippen molar-refractivity contribution < 1.29 is 43.2 Å². The van der Waals surface area contributed by atoms with E-state index in [9.17, 15) is 24.3 Å². The first-order valence-electron chi connectivity index (χ1n) is 12.9. The molecule has 0 saturated heterocycles. The van der Waals surface area contributed by atoms with Crippen LogP contribution in [0.4, 0.5) is 0 Å². The third kappa shape index (κ3) is 6.72. The molecule has 0 heterocycles. The van der Waals surface area contributed by atoms with E-state index < -0.39 is 58.6 Å². The van der Waals surface area contributed by atoms with Crippen LogP contribution in [-0.2, 0) is 38.1 Å². The van der Waals surface area contributed by atoms with E-state index in [-0.39, 0.29) is 30.8 Å². The molecule has 7 atom stereocenters. The van der Waals surface area contributed by atoms with Crippen LogP contribution in [0.25, 0.3) is 0 Å². The molecular weight excluding hydrogens is 480 g/mol. The Morgan fingerprint density at radius 3 is 2.14 bits per heavy atom. The fourth-order valence-electron chi connectivity index (χ4n) is 7.19. The molecule has 2 aliphatic carbocycles. The summed E-state index contributed by atoms with van der Waals surface area (Å²) in [7, 11) is 0. The number of hydrogen-bond donors (Lipinski definition) is 1. The van der Waals surface area contributed by atoms with Gasteiger partial charge in [-0.15, -0.1) is 6.58 Å². The molecule has 37 heavy (non-hydrogen) atoms. The highest BCUT2D eigenvalue weighted by atomic mass is 16.6. The molecule has 0 bridgehead atoms. The van der Waals surface area contributed by atoms with Crippen molar-refractivity contribution in [2.75, 3.05) is 6.61 Å². The van der Waals surface area contributed by atoms with Crippen molar-refractivity contribution in [1.82, 2.24) is 0 Å². The minimum Gasteiger partial charge on any atom is -0.465 e. The van der Waals surface area contributed by atoms with Crippen molar-refractivity contribution in [3.8, 4) is 0 Å². The van der Waals surface area contributed by atoms with E-state index in [1.165, 1.54) is 40.7 Å². The van der Waals surface area contributed by atoms with E-state index in [0.717, 1.165) is 12.8 Å². The van der Waals surface area contributed by atoms with Gasteiger partial charge in [0.1, 0.15) is 23.4 Å². The van der Waals surface area contributed by atoms with Crippen LogP contribution >= 0.6 is 0 Å². The molecule has 0 aromatic heterocycles. The van der Waals surface area contributed by atoms with Gasteiger partial charge in [-0.2, -0.15) is 0 Å². The monoisotopic (exact) mass is 524 g/mol. The first-order valence-corrected chi connectivity index (χ1v) is 12.9. The molecule has 2 aliphatic rings. The van der Waals surface area contributed by atoms with E-state index in [4.69, 9.17) is 18.9 Å². The predicted molar refractivity (Wildman–Crippen MR) is 135 cm³/mol. The number of rotatable bonds is 9. The molecule has 2 fully saturated rings. The highest BCUT2D eigenvalue weighted by Crippen LogP contribution is 2.65. The predicted octanol–water partition coefficient (Wildman–Crippen LogP) is 3.89. The maximum atomic E-state index is 12.4. The Morgan fingerprint density at radius 1 is 1.03 bits per heavy atom. The average Bonchev–Trinajstić information content (AvgIpc) is 2.72. The van der Waals surface area contributed by atoms with Crippen molar-refractivity contribution in [2.24, 2.45) is 22.7 Å². The Kier molecular flexibility index (Phi) is 9.27. The maximum absolute atomic E-state index is 12.4. The zero-order valence-electron chi connectivity index (χ0n) is 23.5. The first kappa shape index (κ1) is 30.8. The summed E-state index contributed by atoms with van der Waals surface area (Å²) in [5.74, 6) is -2.82. The van der Waals surface area contributed by atoms with E-state index >= 15 is 0 Å². The van der Waals surface area contributed by atoms with Gasteiger partial charge in [0.05, 0.1) is 6.61 Å². The topological polar surface area (TPSA) is 125 Å². The summed E-state index contributed by atoms with van der Waals surface area (Å²) >= 11 is 0. The summed E-state index contributed by atoms with van der Waals surface area (Å²) in [6.07, 6.45) is 2.22. The van der Waals surface area contributed by atoms with Gasteiger partial charge in [-0.3, -0.25) is 19.2 Å². The Morgan fingerprint density at radius 2 is 1.65 bits per heavy atom. The number of aliphatic hydroxyl groups is 1. The second-order valence-electron chi connectivity index (χ2n) is 11.9. The summed E-state index contributed by atoms with van der Waals surface area (Å²) in [5, 5.41) is 11.1.